The molecular formula is C19H18F3N3O5S. The number of nitrogens with zero attached hydrogens (tertiary/aromatic N) is 3. The number of hydrogen-bond donors (Lipinski definition) is 0. The van der Waals surface area contributed by atoms with E-state index in [0.29, 0.717) is 4.88 Å². The van der Waals surface area contributed by atoms with Crippen LogP contribution >= 0.6 is 11.3 Å². The first-order chi connectivity index (χ1) is 14.5. The van der Waals surface area contributed by atoms with Crippen molar-refractivity contribution in [2.24, 2.45) is 0 Å². The lowest BCUT2D eigenvalue weighted by molar-refractivity contribution is -0.385. The van der Waals surface area contributed by atoms with Crippen molar-refractivity contribution in [1.82, 2.24) is 9.80 Å². The van der Waals surface area contributed by atoms with E-state index in [1.165, 1.54) is 16.2 Å². The number of alkyl halides is 3. The maximum Gasteiger partial charge on any atom is 0.422 e. The van der Waals surface area contributed by atoms with E-state index in [4.69, 9.17) is 0 Å². The predicted octanol–water partition coefficient (Wildman–Crippen LogP) is 3.50. The number of aryl methyl sites for hydroxylation is 1. The molecule has 166 valence electrons. The lowest BCUT2D eigenvalue weighted by Gasteiger charge is -2.34. The van der Waals surface area contributed by atoms with Crippen LogP contribution < -0.4 is 4.74 Å². The minimum Gasteiger partial charge on any atom is -0.484 e. The van der Waals surface area contributed by atoms with Gasteiger partial charge in [-0.15, -0.1) is 11.3 Å². The molecule has 0 spiro atoms. The van der Waals surface area contributed by atoms with Crippen molar-refractivity contribution in [3.05, 3.63) is 55.8 Å². The molecule has 1 fully saturated rings. The zero-order chi connectivity index (χ0) is 22.8. The smallest absolute Gasteiger partial charge is 0.422 e. The molecule has 8 nitrogen and oxygen atoms in total. The Hall–Kier alpha value is -3.15. The molecular weight excluding hydrogens is 439 g/mol. The molecule has 0 N–H and O–H groups in total. The highest BCUT2D eigenvalue weighted by Crippen LogP contribution is 2.27. The molecule has 0 radical (unpaired) electrons. The van der Waals surface area contributed by atoms with Crippen LogP contribution in [0.1, 0.15) is 24.9 Å². The Morgan fingerprint density at radius 2 is 1.71 bits per heavy atom. The van der Waals surface area contributed by atoms with Gasteiger partial charge in [-0.1, -0.05) is 0 Å². The monoisotopic (exact) mass is 457 g/mol. The largest absolute Gasteiger partial charge is 0.484 e. The number of carbonyl (C=O) groups is 2. The first-order valence-electron chi connectivity index (χ1n) is 9.18. The second-order valence-electron chi connectivity index (χ2n) is 6.83. The van der Waals surface area contributed by atoms with E-state index in [1.807, 2.05) is 13.0 Å². The number of nitro benzene ring substituents is 1. The molecule has 2 aromatic rings. The molecule has 0 unspecified atom stereocenters. The summed E-state index contributed by atoms with van der Waals surface area (Å²) in [5.41, 5.74) is -0.893. The lowest BCUT2D eigenvalue weighted by Crippen LogP contribution is -2.50. The van der Waals surface area contributed by atoms with Crippen LogP contribution in [0.2, 0.25) is 0 Å². The maximum absolute atomic E-state index is 12.9. The molecule has 31 heavy (non-hydrogen) atoms. The van der Waals surface area contributed by atoms with Gasteiger partial charge in [0.15, 0.2) is 6.61 Å². The average Bonchev–Trinajstić information content (AvgIpc) is 3.16. The first-order valence-corrected chi connectivity index (χ1v) is 10.00. The molecule has 1 aromatic heterocycles. The van der Waals surface area contributed by atoms with E-state index < -0.39 is 29.3 Å². The van der Waals surface area contributed by atoms with Crippen molar-refractivity contribution >= 4 is 28.8 Å². The van der Waals surface area contributed by atoms with Crippen LogP contribution in [-0.2, 0) is 0 Å². The zero-order valence-electron chi connectivity index (χ0n) is 16.3. The average molecular weight is 457 g/mol. The first kappa shape index (κ1) is 22.5. The Labute approximate surface area is 179 Å². The summed E-state index contributed by atoms with van der Waals surface area (Å²) in [4.78, 5) is 40.4. The van der Waals surface area contributed by atoms with E-state index in [-0.39, 0.29) is 43.4 Å². The Kier molecular flexibility index (Phi) is 6.48. The molecule has 3 rings (SSSR count). The number of carbonyl (C=O) groups excluding carboxylic acids is 2. The van der Waals surface area contributed by atoms with Crippen LogP contribution in [0, 0.1) is 17.0 Å². The Bertz CT molecular complexity index is 1000. The van der Waals surface area contributed by atoms with Gasteiger partial charge in [-0.05, 0) is 31.2 Å². The number of thiophene rings is 1. The fourth-order valence-corrected chi connectivity index (χ4v) is 3.92. The molecule has 2 heterocycles. The molecule has 0 saturated carbocycles. The van der Waals surface area contributed by atoms with Crippen LogP contribution in [0.25, 0.3) is 0 Å². The van der Waals surface area contributed by atoms with Gasteiger partial charge in [0.2, 0.25) is 0 Å². The number of ether oxygens (including phenoxy) is 1. The van der Waals surface area contributed by atoms with Gasteiger partial charge in [-0.2, -0.15) is 13.2 Å². The Morgan fingerprint density at radius 3 is 2.23 bits per heavy atom. The summed E-state index contributed by atoms with van der Waals surface area (Å²) in [5, 5.41) is 11.3. The molecule has 1 aromatic carbocycles. The summed E-state index contributed by atoms with van der Waals surface area (Å²) >= 11 is 1.37. The molecule has 1 aliphatic rings. The van der Waals surface area contributed by atoms with Crippen LogP contribution in [0.15, 0.2) is 30.3 Å². The van der Waals surface area contributed by atoms with Crippen molar-refractivity contribution in [2.45, 2.75) is 13.1 Å². The van der Waals surface area contributed by atoms with Gasteiger partial charge < -0.3 is 14.5 Å². The third-order valence-corrected chi connectivity index (χ3v) is 5.59. The second-order valence-corrected chi connectivity index (χ2v) is 8.12. The summed E-state index contributed by atoms with van der Waals surface area (Å²) in [6.45, 7) is 1.05. The fourth-order valence-electron chi connectivity index (χ4n) is 3.09. The van der Waals surface area contributed by atoms with Crippen molar-refractivity contribution in [2.75, 3.05) is 32.8 Å². The van der Waals surface area contributed by atoms with Crippen LogP contribution in [0.5, 0.6) is 5.75 Å². The van der Waals surface area contributed by atoms with Crippen molar-refractivity contribution in [3.63, 3.8) is 0 Å². The summed E-state index contributed by atoms with van der Waals surface area (Å²) in [5.74, 6) is -1.16. The van der Waals surface area contributed by atoms with Crippen LogP contribution in [0.4, 0.5) is 18.9 Å². The van der Waals surface area contributed by atoms with Gasteiger partial charge in [0.1, 0.15) is 11.3 Å². The van der Waals surface area contributed by atoms with Crippen LogP contribution in [0.3, 0.4) is 0 Å². The lowest BCUT2D eigenvalue weighted by atomic mass is 10.1. The maximum atomic E-state index is 12.9. The number of benzene rings is 1. The summed E-state index contributed by atoms with van der Waals surface area (Å²) in [6.07, 6.45) is -4.59. The number of rotatable bonds is 5. The zero-order valence-corrected chi connectivity index (χ0v) is 17.2. The van der Waals surface area contributed by atoms with Gasteiger partial charge in [0.25, 0.3) is 17.5 Å². The van der Waals surface area contributed by atoms with Crippen molar-refractivity contribution in [1.29, 1.82) is 0 Å². The highest BCUT2D eigenvalue weighted by molar-refractivity contribution is 7.13. The van der Waals surface area contributed by atoms with E-state index in [1.54, 1.807) is 11.0 Å². The van der Waals surface area contributed by atoms with E-state index in [2.05, 4.69) is 4.74 Å². The van der Waals surface area contributed by atoms with Gasteiger partial charge in [0, 0.05) is 37.1 Å². The number of halogens is 3. The van der Waals surface area contributed by atoms with Gasteiger partial charge in [-0.3, -0.25) is 19.7 Å². The SMILES string of the molecule is Cc1ccc(C(=O)N2CCN(C(=O)c3cc(OCC(F)(F)F)ccc3[N+](=O)[O-])CC2)s1. The molecule has 2 amide bonds. The summed E-state index contributed by atoms with van der Waals surface area (Å²) < 4.78 is 41.8. The Morgan fingerprint density at radius 1 is 1.10 bits per heavy atom. The number of nitro groups is 1. The van der Waals surface area contributed by atoms with E-state index in [9.17, 15) is 32.9 Å². The summed E-state index contributed by atoms with van der Waals surface area (Å²) in [6, 6.07) is 6.47. The minimum atomic E-state index is -4.59. The van der Waals surface area contributed by atoms with Crippen LogP contribution in [-0.4, -0.2) is 65.5 Å². The predicted molar refractivity (Wildman–Crippen MR) is 106 cm³/mol. The molecule has 0 aliphatic carbocycles. The third-order valence-electron chi connectivity index (χ3n) is 4.60. The minimum absolute atomic E-state index is 0.139. The topological polar surface area (TPSA) is 93.0 Å². The molecule has 0 atom stereocenters. The highest BCUT2D eigenvalue weighted by Gasteiger charge is 2.31. The van der Waals surface area contributed by atoms with E-state index in [0.717, 1.165) is 23.1 Å². The number of hydrogen-bond acceptors (Lipinski definition) is 6. The van der Waals surface area contributed by atoms with E-state index >= 15 is 0 Å². The standard InChI is InChI=1S/C19H18F3N3O5S/c1-12-2-5-16(31-12)18(27)24-8-6-23(7-9-24)17(26)14-10-13(30-11-19(20,21)22)3-4-15(14)25(28)29/h2-5,10H,6-9,11H2,1H3. The second kappa shape index (κ2) is 8.92. The third kappa shape index (κ3) is 5.51. The fraction of sp³-hybridized carbons (Fsp3) is 0.368. The van der Waals surface area contributed by atoms with Gasteiger partial charge in [-0.25, -0.2) is 0 Å². The van der Waals surface area contributed by atoms with Crippen molar-refractivity contribution < 1.29 is 32.4 Å². The molecule has 0 bridgehead atoms. The quantitative estimate of drug-likeness (QED) is 0.506. The number of amides is 2. The molecule has 1 saturated heterocycles. The summed E-state index contributed by atoms with van der Waals surface area (Å²) in [7, 11) is 0. The molecule has 12 heteroatoms. The Balaban J connectivity index is 1.71. The highest BCUT2D eigenvalue weighted by atomic mass is 32.1. The van der Waals surface area contributed by atoms with Gasteiger partial charge >= 0.3 is 6.18 Å². The van der Waals surface area contributed by atoms with Gasteiger partial charge in [0.05, 0.1) is 9.80 Å². The normalized spacial score (nSPS) is 14.5. The van der Waals surface area contributed by atoms with Crippen molar-refractivity contribution in [3.8, 4) is 5.75 Å². The molecule has 1 aliphatic heterocycles. The number of piperazine rings is 1.